The van der Waals surface area contributed by atoms with Gasteiger partial charge in [-0.2, -0.15) is 5.10 Å². The summed E-state index contributed by atoms with van der Waals surface area (Å²) in [5, 5.41) is 4.68. The predicted molar refractivity (Wildman–Crippen MR) is 82.4 cm³/mol. The third-order valence-corrected chi connectivity index (χ3v) is 4.08. The van der Waals surface area contributed by atoms with Crippen LogP contribution >= 0.6 is 27.5 Å². The minimum absolute atomic E-state index is 0.179. The van der Waals surface area contributed by atoms with E-state index in [0.29, 0.717) is 17.0 Å². The highest BCUT2D eigenvalue weighted by Crippen LogP contribution is 2.29. The number of rotatable bonds is 4. The number of nitrogens with zero attached hydrogens (tertiary/aromatic N) is 2. The van der Waals surface area contributed by atoms with Crippen LogP contribution in [0.15, 0.2) is 28.9 Å². The summed E-state index contributed by atoms with van der Waals surface area (Å²) < 4.78 is 16.5. The van der Waals surface area contributed by atoms with Crippen molar-refractivity contribution >= 4 is 27.5 Å². The maximum atomic E-state index is 13.8. The lowest BCUT2D eigenvalue weighted by atomic mass is 10.0. The van der Waals surface area contributed by atoms with Crippen molar-refractivity contribution in [1.82, 2.24) is 9.78 Å². The molecule has 6 heteroatoms. The number of nitrogens with two attached hydrogens (primary N) is 1. The van der Waals surface area contributed by atoms with Crippen molar-refractivity contribution < 1.29 is 4.39 Å². The first-order chi connectivity index (χ1) is 9.41. The van der Waals surface area contributed by atoms with Gasteiger partial charge in [-0.1, -0.05) is 17.7 Å². The molecule has 0 radical (unpaired) electrons. The Morgan fingerprint density at radius 3 is 2.75 bits per heavy atom. The predicted octanol–water partition coefficient (Wildman–Crippen LogP) is 4.26. The Balaban J connectivity index is 2.33. The Morgan fingerprint density at radius 2 is 2.15 bits per heavy atom. The van der Waals surface area contributed by atoms with Gasteiger partial charge in [0.2, 0.25) is 0 Å². The normalized spacial score (nSPS) is 12.9. The van der Waals surface area contributed by atoms with E-state index < -0.39 is 0 Å². The van der Waals surface area contributed by atoms with Crippen LogP contribution in [0.2, 0.25) is 5.02 Å². The Hall–Kier alpha value is -0.910. The van der Waals surface area contributed by atoms with Crippen LogP contribution in [0.4, 0.5) is 4.39 Å². The molecule has 2 aromatic rings. The first-order valence-corrected chi connectivity index (χ1v) is 7.50. The van der Waals surface area contributed by atoms with Gasteiger partial charge in [0.1, 0.15) is 5.82 Å². The van der Waals surface area contributed by atoms with E-state index >= 15 is 0 Å². The summed E-state index contributed by atoms with van der Waals surface area (Å²) in [4.78, 5) is 0. The quantitative estimate of drug-likeness (QED) is 0.885. The van der Waals surface area contributed by atoms with Crippen LogP contribution < -0.4 is 5.73 Å². The van der Waals surface area contributed by atoms with Gasteiger partial charge >= 0.3 is 0 Å². The monoisotopic (exact) mass is 359 g/mol. The molecule has 1 heterocycles. The van der Waals surface area contributed by atoms with E-state index in [1.54, 1.807) is 18.3 Å². The molecule has 0 saturated carbocycles. The van der Waals surface area contributed by atoms with E-state index in [1.807, 2.05) is 18.5 Å². The number of hydrogen-bond donors (Lipinski definition) is 1. The molecule has 2 rings (SSSR count). The second-order valence-electron chi connectivity index (χ2n) is 4.93. The van der Waals surface area contributed by atoms with Crippen LogP contribution in [0, 0.1) is 5.82 Å². The third kappa shape index (κ3) is 3.05. The molecule has 0 bridgehead atoms. The molecule has 1 unspecified atom stereocenters. The third-order valence-electron chi connectivity index (χ3n) is 3.11. The van der Waals surface area contributed by atoms with Crippen LogP contribution in [-0.2, 0) is 6.42 Å². The Bertz CT molecular complexity index is 592. The second kappa shape index (κ2) is 6.24. The van der Waals surface area contributed by atoms with Gasteiger partial charge in [-0.25, -0.2) is 4.39 Å². The van der Waals surface area contributed by atoms with Crippen molar-refractivity contribution in [3.63, 3.8) is 0 Å². The molecule has 108 valence electrons. The molecule has 1 atom stereocenters. The standard InChI is InChI=1S/C14H16BrClFN3/c1-8(2)20-14(10(15)7-19-20)13(18)6-9-11(16)4-3-5-12(9)17/h3-5,7-8,13H,6,18H2,1-2H3. The van der Waals surface area contributed by atoms with E-state index in [4.69, 9.17) is 17.3 Å². The molecule has 0 saturated heterocycles. The van der Waals surface area contributed by atoms with Crippen molar-refractivity contribution in [2.45, 2.75) is 32.4 Å². The van der Waals surface area contributed by atoms with Crippen molar-refractivity contribution in [1.29, 1.82) is 0 Å². The topological polar surface area (TPSA) is 43.8 Å². The van der Waals surface area contributed by atoms with Crippen molar-refractivity contribution in [3.05, 3.63) is 51.0 Å². The SMILES string of the molecule is CC(C)n1ncc(Br)c1C(N)Cc1c(F)cccc1Cl. The molecule has 1 aromatic carbocycles. The Labute approximate surface area is 131 Å². The van der Waals surface area contributed by atoms with Crippen LogP contribution in [0.1, 0.15) is 37.2 Å². The summed E-state index contributed by atoms with van der Waals surface area (Å²) in [5.74, 6) is -0.334. The Morgan fingerprint density at radius 1 is 1.45 bits per heavy atom. The summed E-state index contributed by atoms with van der Waals surface area (Å²) in [7, 11) is 0. The lowest BCUT2D eigenvalue weighted by Crippen LogP contribution is -2.20. The fourth-order valence-electron chi connectivity index (χ4n) is 2.15. The lowest BCUT2D eigenvalue weighted by Gasteiger charge is -2.18. The molecule has 1 aromatic heterocycles. The fourth-order valence-corrected chi connectivity index (χ4v) is 2.96. The number of hydrogen-bond acceptors (Lipinski definition) is 2. The average Bonchev–Trinajstić information content (AvgIpc) is 2.76. The molecular formula is C14H16BrClFN3. The molecule has 0 spiro atoms. The Kier molecular flexibility index (Phi) is 4.83. The van der Waals surface area contributed by atoms with Crippen LogP contribution in [0.5, 0.6) is 0 Å². The number of aromatic nitrogens is 2. The minimum atomic E-state index is -0.385. The van der Waals surface area contributed by atoms with Gasteiger partial charge < -0.3 is 5.73 Å². The van der Waals surface area contributed by atoms with Gasteiger partial charge in [0, 0.05) is 16.6 Å². The van der Waals surface area contributed by atoms with Crippen LogP contribution in [0.3, 0.4) is 0 Å². The van der Waals surface area contributed by atoms with E-state index in [9.17, 15) is 4.39 Å². The van der Waals surface area contributed by atoms with E-state index in [2.05, 4.69) is 21.0 Å². The highest BCUT2D eigenvalue weighted by atomic mass is 79.9. The van der Waals surface area contributed by atoms with E-state index in [1.165, 1.54) is 6.07 Å². The van der Waals surface area contributed by atoms with Gasteiger partial charge in [0.25, 0.3) is 0 Å². The van der Waals surface area contributed by atoms with Crippen molar-refractivity contribution in [2.24, 2.45) is 5.73 Å². The van der Waals surface area contributed by atoms with Gasteiger partial charge in [-0.3, -0.25) is 4.68 Å². The number of benzene rings is 1. The van der Waals surface area contributed by atoms with Crippen molar-refractivity contribution in [2.75, 3.05) is 0 Å². The molecule has 0 aliphatic heterocycles. The largest absolute Gasteiger partial charge is 0.322 e. The zero-order chi connectivity index (χ0) is 14.9. The number of halogens is 3. The molecule has 0 aliphatic carbocycles. The highest BCUT2D eigenvalue weighted by Gasteiger charge is 2.20. The van der Waals surface area contributed by atoms with E-state index in [0.717, 1.165) is 10.2 Å². The zero-order valence-corrected chi connectivity index (χ0v) is 13.6. The molecule has 20 heavy (non-hydrogen) atoms. The van der Waals surface area contributed by atoms with Gasteiger partial charge in [0.15, 0.2) is 0 Å². The second-order valence-corrected chi connectivity index (χ2v) is 6.19. The summed E-state index contributed by atoms with van der Waals surface area (Å²) in [6.07, 6.45) is 2.03. The van der Waals surface area contributed by atoms with E-state index in [-0.39, 0.29) is 17.9 Å². The highest BCUT2D eigenvalue weighted by molar-refractivity contribution is 9.10. The van der Waals surface area contributed by atoms with Crippen molar-refractivity contribution in [3.8, 4) is 0 Å². The summed E-state index contributed by atoms with van der Waals surface area (Å²) in [6, 6.07) is 4.44. The molecule has 3 nitrogen and oxygen atoms in total. The fraction of sp³-hybridized carbons (Fsp3) is 0.357. The zero-order valence-electron chi connectivity index (χ0n) is 11.3. The summed E-state index contributed by atoms with van der Waals surface area (Å²) >= 11 is 9.49. The molecule has 0 fully saturated rings. The first-order valence-electron chi connectivity index (χ1n) is 6.33. The van der Waals surface area contributed by atoms with Gasteiger partial charge in [-0.15, -0.1) is 0 Å². The van der Waals surface area contributed by atoms with Gasteiger partial charge in [0.05, 0.1) is 22.4 Å². The maximum absolute atomic E-state index is 13.8. The summed E-state index contributed by atoms with van der Waals surface area (Å²) in [6.45, 7) is 4.04. The molecule has 2 N–H and O–H groups in total. The van der Waals surface area contributed by atoms with Gasteiger partial charge in [-0.05, 0) is 48.3 Å². The first kappa shape index (κ1) is 15.5. The van der Waals surface area contributed by atoms with Crippen LogP contribution in [-0.4, -0.2) is 9.78 Å². The molecule has 0 aliphatic rings. The lowest BCUT2D eigenvalue weighted by molar-refractivity contribution is 0.481. The smallest absolute Gasteiger partial charge is 0.127 e. The maximum Gasteiger partial charge on any atom is 0.127 e. The molecule has 0 amide bonds. The van der Waals surface area contributed by atoms with Crippen LogP contribution in [0.25, 0.3) is 0 Å². The summed E-state index contributed by atoms with van der Waals surface area (Å²) in [5.41, 5.74) is 7.51. The average molecular weight is 361 g/mol. The molecular weight excluding hydrogens is 345 g/mol. The minimum Gasteiger partial charge on any atom is -0.322 e.